The van der Waals surface area contributed by atoms with Crippen molar-refractivity contribution in [3.8, 4) is 17.2 Å². The van der Waals surface area contributed by atoms with E-state index in [1.54, 1.807) is 0 Å². The van der Waals surface area contributed by atoms with Gasteiger partial charge in [0.15, 0.2) is 8.32 Å². The summed E-state index contributed by atoms with van der Waals surface area (Å²) < 4.78 is 7.41. The highest BCUT2D eigenvalue weighted by molar-refractivity contribution is 6.94. The topological polar surface area (TPSA) is 33.0 Å². The van der Waals surface area contributed by atoms with E-state index in [4.69, 9.17) is 9.38 Å². The van der Waals surface area contributed by atoms with Crippen LogP contribution in [0.3, 0.4) is 0 Å². The van der Waals surface area contributed by atoms with Crippen LogP contribution in [0.15, 0.2) is 48.5 Å². The predicted molar refractivity (Wildman–Crippen MR) is 140 cm³/mol. The number of hydrogen-bond donors (Lipinski definition) is 0. The van der Waals surface area contributed by atoms with Crippen LogP contribution in [0.1, 0.15) is 65.9 Å². The van der Waals surface area contributed by atoms with Crippen molar-refractivity contribution in [3.63, 3.8) is 0 Å². The fourth-order valence-corrected chi connectivity index (χ4v) is 15.3. The summed E-state index contributed by atoms with van der Waals surface area (Å²) in [7, 11) is -3.70. The molecule has 0 radical (unpaired) electrons. The largest absolute Gasteiger partial charge is 0.452 e. The Kier molecular flexibility index (Phi) is 10.2. The maximum atomic E-state index is 9.04. The van der Waals surface area contributed by atoms with Gasteiger partial charge in [-0.15, -0.1) is 0 Å². The molecule has 168 valence electrons. The van der Waals surface area contributed by atoms with Crippen LogP contribution in [0.25, 0.3) is 11.1 Å². The van der Waals surface area contributed by atoms with Crippen molar-refractivity contribution in [3.05, 3.63) is 54.1 Å². The van der Waals surface area contributed by atoms with E-state index in [0.29, 0.717) is 5.56 Å². The van der Waals surface area contributed by atoms with Gasteiger partial charge in [-0.05, 0) is 58.7 Å². The molecule has 2 aromatic rings. The van der Waals surface area contributed by atoms with E-state index in [9.17, 15) is 0 Å². The van der Waals surface area contributed by atoms with Crippen molar-refractivity contribution in [1.82, 2.24) is 0 Å². The van der Waals surface area contributed by atoms with Gasteiger partial charge in [0.1, 0.15) is 0 Å². The monoisotopic (exact) mass is 451 g/mol. The highest BCUT2D eigenvalue weighted by atomic mass is 28.4. The summed E-state index contributed by atoms with van der Waals surface area (Å²) >= 11 is 0. The Morgan fingerprint density at radius 1 is 0.710 bits per heavy atom. The first-order valence-corrected chi connectivity index (χ1v) is 17.2. The Morgan fingerprint density at radius 3 is 1.71 bits per heavy atom. The van der Waals surface area contributed by atoms with Crippen LogP contribution < -0.4 is 5.19 Å². The Hall–Kier alpha value is -1.68. The first-order valence-electron chi connectivity index (χ1n) is 12.3. The van der Waals surface area contributed by atoms with Gasteiger partial charge in [0.2, 0.25) is 8.32 Å². The summed E-state index contributed by atoms with van der Waals surface area (Å²) in [4.78, 5) is 0. The standard InChI is InChI=1S/C27H41NOSi2/c1-6-11-12-13-22-30(7-2,8-3)29-31(9-4,10-5)27-20-18-26(19-21-27)25-16-14-24(23-28)15-17-25/h14-21H,6-13,22H2,1-5H3. The van der Waals surface area contributed by atoms with Crippen LogP contribution in [-0.4, -0.2) is 16.6 Å². The summed E-state index contributed by atoms with van der Waals surface area (Å²) in [6.45, 7) is 11.7. The van der Waals surface area contributed by atoms with Crippen molar-refractivity contribution in [2.75, 3.05) is 0 Å². The fraction of sp³-hybridized carbons (Fsp3) is 0.519. The number of nitrogens with zero attached hydrogens (tertiary/aromatic N) is 1. The summed E-state index contributed by atoms with van der Waals surface area (Å²) in [5, 5.41) is 10.5. The number of hydrogen-bond acceptors (Lipinski definition) is 2. The molecule has 0 fully saturated rings. The van der Waals surface area contributed by atoms with E-state index < -0.39 is 16.6 Å². The minimum absolute atomic E-state index is 0.705. The maximum Gasteiger partial charge on any atom is 0.211 e. The molecule has 0 aliphatic carbocycles. The van der Waals surface area contributed by atoms with Gasteiger partial charge in [-0.3, -0.25) is 0 Å². The molecule has 0 heterocycles. The zero-order valence-electron chi connectivity index (χ0n) is 20.3. The minimum Gasteiger partial charge on any atom is -0.452 e. The summed E-state index contributed by atoms with van der Waals surface area (Å²) in [6.07, 6.45) is 5.32. The van der Waals surface area contributed by atoms with Gasteiger partial charge in [0.05, 0.1) is 11.6 Å². The molecule has 2 rings (SSSR count). The third kappa shape index (κ3) is 6.41. The Balaban J connectivity index is 2.28. The molecule has 0 atom stereocenters. The SMILES string of the molecule is CCCCCC[Si](CC)(CC)O[Si](CC)(CC)c1ccc(-c2ccc(C#N)cc2)cc1. The molecule has 0 bridgehead atoms. The van der Waals surface area contributed by atoms with Crippen molar-refractivity contribution in [2.45, 2.75) is 90.5 Å². The molecule has 2 aromatic carbocycles. The first-order chi connectivity index (χ1) is 15.0. The second-order valence-electron chi connectivity index (χ2n) is 8.77. The molecular formula is C27H41NOSi2. The van der Waals surface area contributed by atoms with Crippen LogP contribution in [0.4, 0.5) is 0 Å². The second-order valence-corrected chi connectivity index (χ2v) is 17.8. The van der Waals surface area contributed by atoms with Crippen LogP contribution >= 0.6 is 0 Å². The molecule has 0 spiro atoms. The quantitative estimate of drug-likeness (QED) is 0.228. The van der Waals surface area contributed by atoms with Gasteiger partial charge in [-0.1, -0.05) is 96.7 Å². The molecule has 0 amide bonds. The van der Waals surface area contributed by atoms with Crippen molar-refractivity contribution < 1.29 is 4.12 Å². The van der Waals surface area contributed by atoms with E-state index in [2.05, 4.69) is 65.0 Å². The van der Waals surface area contributed by atoms with Crippen molar-refractivity contribution in [1.29, 1.82) is 5.26 Å². The van der Waals surface area contributed by atoms with Gasteiger partial charge >= 0.3 is 0 Å². The minimum atomic E-state index is -1.99. The molecular weight excluding hydrogens is 410 g/mol. The third-order valence-corrected chi connectivity index (χ3v) is 17.9. The van der Waals surface area contributed by atoms with E-state index in [1.165, 1.54) is 54.6 Å². The summed E-state index contributed by atoms with van der Waals surface area (Å²) in [6, 6.07) is 25.3. The number of nitriles is 1. The van der Waals surface area contributed by atoms with Crippen molar-refractivity contribution in [2.24, 2.45) is 0 Å². The van der Waals surface area contributed by atoms with E-state index in [-0.39, 0.29) is 0 Å². The van der Waals surface area contributed by atoms with Gasteiger partial charge in [0, 0.05) is 0 Å². The molecule has 0 saturated carbocycles. The highest BCUT2D eigenvalue weighted by Gasteiger charge is 2.42. The molecule has 2 nitrogen and oxygen atoms in total. The number of unbranched alkanes of at least 4 members (excludes halogenated alkanes) is 3. The molecule has 0 aromatic heterocycles. The van der Waals surface area contributed by atoms with Gasteiger partial charge in [-0.25, -0.2) is 0 Å². The Morgan fingerprint density at radius 2 is 1.26 bits per heavy atom. The van der Waals surface area contributed by atoms with Crippen LogP contribution in [0.2, 0.25) is 30.2 Å². The van der Waals surface area contributed by atoms with Crippen LogP contribution in [0, 0.1) is 11.3 Å². The zero-order chi connectivity index (χ0) is 22.7. The maximum absolute atomic E-state index is 9.04. The lowest BCUT2D eigenvalue weighted by Crippen LogP contribution is -2.57. The number of benzene rings is 2. The smallest absolute Gasteiger partial charge is 0.211 e. The normalized spacial score (nSPS) is 12.0. The predicted octanol–water partition coefficient (Wildman–Crippen LogP) is 8.00. The summed E-state index contributed by atoms with van der Waals surface area (Å²) in [5.74, 6) is 0. The van der Waals surface area contributed by atoms with Crippen LogP contribution in [-0.2, 0) is 4.12 Å². The highest BCUT2D eigenvalue weighted by Crippen LogP contribution is 2.32. The average Bonchev–Trinajstić information content (AvgIpc) is 2.84. The Bertz CT molecular complexity index is 816. The fourth-order valence-electron chi connectivity index (χ4n) is 4.65. The third-order valence-electron chi connectivity index (χ3n) is 7.09. The molecule has 0 saturated heterocycles. The lowest BCUT2D eigenvalue weighted by molar-refractivity contribution is 0.514. The first kappa shape index (κ1) is 25.6. The van der Waals surface area contributed by atoms with E-state index in [1.807, 2.05) is 24.3 Å². The second kappa shape index (κ2) is 12.4. The molecule has 31 heavy (non-hydrogen) atoms. The molecule has 0 aliphatic heterocycles. The molecule has 0 N–H and O–H groups in total. The Labute approximate surface area is 192 Å². The van der Waals surface area contributed by atoms with Gasteiger partial charge in [0.25, 0.3) is 0 Å². The van der Waals surface area contributed by atoms with Crippen molar-refractivity contribution >= 4 is 21.8 Å². The van der Waals surface area contributed by atoms with E-state index >= 15 is 0 Å². The lowest BCUT2D eigenvalue weighted by atomic mass is 10.0. The zero-order valence-corrected chi connectivity index (χ0v) is 22.3. The average molecular weight is 452 g/mol. The van der Waals surface area contributed by atoms with E-state index in [0.717, 1.165) is 17.7 Å². The number of rotatable bonds is 13. The summed E-state index contributed by atoms with van der Waals surface area (Å²) in [5.41, 5.74) is 3.07. The molecule has 4 heteroatoms. The van der Waals surface area contributed by atoms with Crippen LogP contribution in [0.5, 0.6) is 0 Å². The van der Waals surface area contributed by atoms with Gasteiger partial charge in [-0.2, -0.15) is 5.26 Å². The van der Waals surface area contributed by atoms with Gasteiger partial charge < -0.3 is 4.12 Å². The molecule has 0 aliphatic rings. The lowest BCUT2D eigenvalue weighted by Gasteiger charge is -2.41. The molecule has 0 unspecified atom stereocenters.